The molecule has 1 aliphatic rings. The fourth-order valence-electron chi connectivity index (χ4n) is 2.41. The van der Waals surface area contributed by atoms with E-state index in [2.05, 4.69) is 19.2 Å². The van der Waals surface area contributed by atoms with Gasteiger partial charge in [-0.3, -0.25) is 0 Å². The molecule has 2 rings (SSSR count). The van der Waals surface area contributed by atoms with Crippen LogP contribution in [0.15, 0.2) is 18.2 Å². The summed E-state index contributed by atoms with van der Waals surface area (Å²) in [7, 11) is 0. The van der Waals surface area contributed by atoms with Gasteiger partial charge in [0.15, 0.2) is 0 Å². The van der Waals surface area contributed by atoms with Crippen LogP contribution in [0.25, 0.3) is 0 Å². The summed E-state index contributed by atoms with van der Waals surface area (Å²) in [4.78, 5) is 0. The maximum absolute atomic E-state index is 6.16. The fraction of sp³-hybridized carbons (Fsp3) is 0.571. The largest absolute Gasteiger partial charge is 0.399 e. The van der Waals surface area contributed by atoms with Crippen molar-refractivity contribution in [3.8, 4) is 0 Å². The lowest BCUT2D eigenvalue weighted by Gasteiger charge is -2.35. The number of halogens is 1. The summed E-state index contributed by atoms with van der Waals surface area (Å²) in [5.74, 6) is 0. The highest BCUT2D eigenvalue weighted by atomic mass is 35.5. The summed E-state index contributed by atoms with van der Waals surface area (Å²) >= 11 is 6.16. The van der Waals surface area contributed by atoms with E-state index in [0.29, 0.717) is 17.1 Å². The van der Waals surface area contributed by atoms with Crippen LogP contribution in [0, 0.1) is 5.41 Å². The van der Waals surface area contributed by atoms with E-state index < -0.39 is 0 Å². The van der Waals surface area contributed by atoms with Crippen LogP contribution in [-0.2, 0) is 0 Å². The molecule has 1 aromatic carbocycles. The first-order chi connectivity index (χ1) is 7.96. The maximum atomic E-state index is 6.16. The summed E-state index contributed by atoms with van der Waals surface area (Å²) in [6.07, 6.45) is 4.98. The van der Waals surface area contributed by atoms with E-state index in [4.69, 9.17) is 17.3 Å². The molecule has 94 valence electrons. The molecular weight excluding hydrogens is 232 g/mol. The zero-order valence-electron chi connectivity index (χ0n) is 10.6. The summed E-state index contributed by atoms with van der Waals surface area (Å²) in [5, 5.41) is 4.24. The molecule has 3 N–H and O–H groups in total. The lowest BCUT2D eigenvalue weighted by molar-refractivity contribution is 0.232. The molecular formula is C14H21ClN2. The second-order valence-electron chi connectivity index (χ2n) is 5.82. The van der Waals surface area contributed by atoms with Crippen LogP contribution in [0.3, 0.4) is 0 Å². The smallest absolute Gasteiger partial charge is 0.0658 e. The van der Waals surface area contributed by atoms with Crippen molar-refractivity contribution in [1.82, 2.24) is 0 Å². The molecule has 3 heteroatoms. The Morgan fingerprint density at radius 3 is 2.53 bits per heavy atom. The van der Waals surface area contributed by atoms with Gasteiger partial charge in [-0.15, -0.1) is 0 Å². The first kappa shape index (κ1) is 12.6. The van der Waals surface area contributed by atoms with Crippen molar-refractivity contribution in [1.29, 1.82) is 0 Å². The minimum Gasteiger partial charge on any atom is -0.399 e. The molecule has 1 aliphatic carbocycles. The van der Waals surface area contributed by atoms with Gasteiger partial charge in [-0.1, -0.05) is 25.4 Å². The number of nitrogens with one attached hydrogen (secondary N) is 1. The van der Waals surface area contributed by atoms with Gasteiger partial charge in [-0.05, 0) is 49.3 Å². The van der Waals surface area contributed by atoms with Gasteiger partial charge in [-0.25, -0.2) is 0 Å². The van der Waals surface area contributed by atoms with Crippen molar-refractivity contribution < 1.29 is 0 Å². The minimum absolute atomic E-state index is 0.503. The second-order valence-corrected chi connectivity index (χ2v) is 6.23. The Morgan fingerprint density at radius 1 is 1.29 bits per heavy atom. The maximum Gasteiger partial charge on any atom is 0.0658 e. The van der Waals surface area contributed by atoms with Crippen molar-refractivity contribution in [3.05, 3.63) is 23.2 Å². The SMILES string of the molecule is CC1(C)CCC(Nc2ccc(N)cc2Cl)CC1. The summed E-state index contributed by atoms with van der Waals surface area (Å²) in [6.45, 7) is 4.69. The van der Waals surface area contributed by atoms with Crippen molar-refractivity contribution in [3.63, 3.8) is 0 Å². The third-order valence-corrected chi connectivity index (χ3v) is 4.00. The molecule has 0 radical (unpaired) electrons. The lowest BCUT2D eigenvalue weighted by Crippen LogP contribution is -2.29. The van der Waals surface area contributed by atoms with Crippen LogP contribution in [0.1, 0.15) is 39.5 Å². The predicted octanol–water partition coefficient (Wildman–Crippen LogP) is 4.30. The second kappa shape index (κ2) is 4.77. The highest BCUT2D eigenvalue weighted by molar-refractivity contribution is 6.33. The van der Waals surface area contributed by atoms with E-state index in [9.17, 15) is 0 Å². The van der Waals surface area contributed by atoms with Crippen molar-refractivity contribution in [2.45, 2.75) is 45.6 Å². The zero-order chi connectivity index (χ0) is 12.5. The molecule has 0 spiro atoms. The van der Waals surface area contributed by atoms with E-state index in [0.717, 1.165) is 10.7 Å². The summed E-state index contributed by atoms with van der Waals surface area (Å²) in [5.41, 5.74) is 7.91. The fourth-order valence-corrected chi connectivity index (χ4v) is 2.66. The number of anilines is 2. The summed E-state index contributed by atoms with van der Waals surface area (Å²) < 4.78 is 0. The van der Waals surface area contributed by atoms with Crippen LogP contribution >= 0.6 is 11.6 Å². The number of hydrogen-bond acceptors (Lipinski definition) is 2. The Balaban J connectivity index is 1.98. The normalized spacial score (nSPS) is 20.2. The number of hydrogen-bond donors (Lipinski definition) is 2. The Hall–Kier alpha value is -0.890. The van der Waals surface area contributed by atoms with E-state index in [1.165, 1.54) is 25.7 Å². The molecule has 0 atom stereocenters. The molecule has 0 saturated heterocycles. The number of benzene rings is 1. The molecule has 2 nitrogen and oxygen atoms in total. The van der Waals surface area contributed by atoms with Crippen molar-refractivity contribution >= 4 is 23.0 Å². The van der Waals surface area contributed by atoms with E-state index in [1.807, 2.05) is 12.1 Å². The van der Waals surface area contributed by atoms with Crippen molar-refractivity contribution in [2.75, 3.05) is 11.1 Å². The highest BCUT2D eigenvalue weighted by Gasteiger charge is 2.26. The van der Waals surface area contributed by atoms with Crippen LogP contribution in [0.2, 0.25) is 5.02 Å². The van der Waals surface area contributed by atoms with E-state index in [1.54, 1.807) is 6.07 Å². The van der Waals surface area contributed by atoms with Gasteiger partial charge in [0.25, 0.3) is 0 Å². The Labute approximate surface area is 109 Å². The van der Waals surface area contributed by atoms with Gasteiger partial charge in [0, 0.05) is 11.7 Å². The Bertz CT molecular complexity index is 391. The molecule has 17 heavy (non-hydrogen) atoms. The van der Waals surface area contributed by atoms with Gasteiger partial charge >= 0.3 is 0 Å². The molecule has 0 bridgehead atoms. The molecule has 0 aromatic heterocycles. The standard InChI is InChI=1S/C14H21ClN2/c1-14(2)7-5-11(6-8-14)17-13-4-3-10(16)9-12(13)15/h3-4,9,11,17H,5-8,16H2,1-2H3. The average molecular weight is 253 g/mol. The number of rotatable bonds is 2. The van der Waals surface area contributed by atoms with Gasteiger partial charge in [0.05, 0.1) is 10.7 Å². The van der Waals surface area contributed by atoms with Crippen LogP contribution in [0.4, 0.5) is 11.4 Å². The monoisotopic (exact) mass is 252 g/mol. The van der Waals surface area contributed by atoms with E-state index >= 15 is 0 Å². The first-order valence-electron chi connectivity index (χ1n) is 6.28. The van der Waals surface area contributed by atoms with Crippen LogP contribution in [0.5, 0.6) is 0 Å². The van der Waals surface area contributed by atoms with Gasteiger partial charge in [0.2, 0.25) is 0 Å². The Kier molecular flexibility index (Phi) is 3.53. The molecule has 1 saturated carbocycles. The van der Waals surface area contributed by atoms with Crippen LogP contribution < -0.4 is 11.1 Å². The van der Waals surface area contributed by atoms with Gasteiger partial charge < -0.3 is 11.1 Å². The minimum atomic E-state index is 0.503. The topological polar surface area (TPSA) is 38.0 Å². The molecule has 0 aliphatic heterocycles. The average Bonchev–Trinajstić information content (AvgIpc) is 2.25. The first-order valence-corrected chi connectivity index (χ1v) is 6.66. The van der Waals surface area contributed by atoms with Gasteiger partial charge in [-0.2, -0.15) is 0 Å². The lowest BCUT2D eigenvalue weighted by atomic mass is 9.75. The molecule has 1 fully saturated rings. The molecule has 0 amide bonds. The third-order valence-electron chi connectivity index (χ3n) is 3.69. The highest BCUT2D eigenvalue weighted by Crippen LogP contribution is 2.37. The van der Waals surface area contributed by atoms with Gasteiger partial charge in [0.1, 0.15) is 0 Å². The number of nitrogens with two attached hydrogens (primary N) is 1. The third kappa shape index (κ3) is 3.29. The molecule has 1 aromatic rings. The molecule has 0 heterocycles. The quantitative estimate of drug-likeness (QED) is 0.770. The summed E-state index contributed by atoms with van der Waals surface area (Å²) in [6, 6.07) is 6.21. The van der Waals surface area contributed by atoms with Crippen LogP contribution in [-0.4, -0.2) is 6.04 Å². The zero-order valence-corrected chi connectivity index (χ0v) is 11.3. The number of nitrogen functional groups attached to an aromatic ring is 1. The Morgan fingerprint density at radius 2 is 1.94 bits per heavy atom. The predicted molar refractivity (Wildman–Crippen MR) is 75.5 cm³/mol. The molecule has 0 unspecified atom stereocenters. The van der Waals surface area contributed by atoms with E-state index in [-0.39, 0.29) is 0 Å². The van der Waals surface area contributed by atoms with Crippen molar-refractivity contribution in [2.24, 2.45) is 5.41 Å².